The number of aliphatic hydroxyl groups excluding tert-OH is 1. The van der Waals surface area contributed by atoms with Gasteiger partial charge < -0.3 is 10.4 Å². The largest absolute Gasteiger partial charge is 0.393 e. The molecule has 0 bridgehead atoms. The van der Waals surface area contributed by atoms with Crippen molar-refractivity contribution in [3.05, 3.63) is 73.8 Å². The number of hydrogen-bond acceptors (Lipinski definition) is 9. The predicted octanol–water partition coefficient (Wildman–Crippen LogP) is 3.54. The highest BCUT2D eigenvalue weighted by atomic mass is 35.5. The quantitative estimate of drug-likeness (QED) is 0.331. The maximum atomic E-state index is 13.3. The number of primary sulfonamides is 1. The minimum absolute atomic E-state index is 0.172. The van der Waals surface area contributed by atoms with E-state index in [1.54, 1.807) is 18.2 Å². The van der Waals surface area contributed by atoms with E-state index in [9.17, 15) is 23.1 Å². The highest BCUT2D eigenvalue weighted by Gasteiger charge is 2.34. The van der Waals surface area contributed by atoms with Crippen LogP contribution in [0.3, 0.4) is 0 Å². The molecule has 1 saturated carbocycles. The Kier molecular flexibility index (Phi) is 8.08. The molecule has 0 unspecified atom stereocenters. The number of anilines is 1. The van der Waals surface area contributed by atoms with Crippen molar-refractivity contribution in [2.45, 2.75) is 31.4 Å². The molecular weight excluding hydrogens is 547 g/mol. The molecule has 4 N–H and O–H groups in total. The monoisotopic (exact) mass is 568 g/mol. The molecule has 190 valence electrons. The SMILES string of the molecule is NS(=O)(=O)CC[C@H]1C[C@@H](Nc2ncncc2C(=O)c2cc(C(=O)c3cccc(Cl)c3)c(Cl)s2)C[C@@H]1O. The molecule has 2 aromatic heterocycles. The van der Waals surface area contributed by atoms with Crippen molar-refractivity contribution >= 4 is 61.9 Å². The highest BCUT2D eigenvalue weighted by molar-refractivity contribution is 7.89. The number of carbonyl (C=O) groups is 2. The van der Waals surface area contributed by atoms with Crippen LogP contribution < -0.4 is 10.5 Å². The van der Waals surface area contributed by atoms with Crippen molar-refractivity contribution in [3.63, 3.8) is 0 Å². The van der Waals surface area contributed by atoms with Crippen LogP contribution in [-0.4, -0.2) is 53.0 Å². The number of benzene rings is 1. The van der Waals surface area contributed by atoms with Crippen molar-refractivity contribution in [1.29, 1.82) is 0 Å². The number of halogens is 2. The van der Waals surface area contributed by atoms with Gasteiger partial charge in [0.05, 0.1) is 27.9 Å². The number of ketones is 2. The first-order valence-electron chi connectivity index (χ1n) is 10.9. The van der Waals surface area contributed by atoms with Gasteiger partial charge in [-0.25, -0.2) is 23.5 Å². The van der Waals surface area contributed by atoms with Gasteiger partial charge in [0.1, 0.15) is 16.5 Å². The Morgan fingerprint density at radius 3 is 2.67 bits per heavy atom. The summed E-state index contributed by atoms with van der Waals surface area (Å²) in [5, 5.41) is 19.0. The average molecular weight is 569 g/mol. The molecular formula is C23H22Cl2N4O5S2. The lowest BCUT2D eigenvalue weighted by molar-refractivity contribution is 0.103. The lowest BCUT2D eigenvalue weighted by atomic mass is 10.0. The summed E-state index contributed by atoms with van der Waals surface area (Å²) in [5.41, 5.74) is 0.721. The third kappa shape index (κ3) is 6.28. The molecule has 9 nitrogen and oxygen atoms in total. The Morgan fingerprint density at radius 2 is 1.94 bits per heavy atom. The zero-order chi connectivity index (χ0) is 26.0. The summed E-state index contributed by atoms with van der Waals surface area (Å²) in [6.07, 6.45) is 3.03. The van der Waals surface area contributed by atoms with E-state index in [1.165, 1.54) is 24.7 Å². The van der Waals surface area contributed by atoms with Gasteiger partial charge in [0.2, 0.25) is 15.8 Å². The van der Waals surface area contributed by atoms with Crippen molar-refractivity contribution in [1.82, 2.24) is 9.97 Å². The molecule has 3 atom stereocenters. The topological polar surface area (TPSA) is 152 Å². The molecule has 1 aliphatic carbocycles. The van der Waals surface area contributed by atoms with Crippen LogP contribution in [0.2, 0.25) is 9.36 Å². The maximum absolute atomic E-state index is 13.3. The molecule has 13 heteroatoms. The third-order valence-corrected chi connectivity index (χ3v) is 8.37. The standard InChI is InChI=1S/C23H22Cl2N4O5S2/c24-14-3-1-2-13(6-14)20(31)16-9-19(35-22(16)25)21(32)17-10-27-11-28-23(17)29-15-7-12(18(30)8-15)4-5-36(26,33)34/h1-3,6,9-12,15,18,30H,4-5,7-8H2,(H2,26,33,34)(H,27,28,29)/t12-,15+,18-/m0/s1. The van der Waals surface area contributed by atoms with Crippen LogP contribution in [0.25, 0.3) is 0 Å². The lowest BCUT2D eigenvalue weighted by Crippen LogP contribution is -2.22. The fourth-order valence-corrected chi connectivity index (χ4v) is 6.25. The lowest BCUT2D eigenvalue weighted by Gasteiger charge is -2.15. The average Bonchev–Trinajstić information content (AvgIpc) is 3.38. The molecule has 0 saturated heterocycles. The van der Waals surface area contributed by atoms with Gasteiger partial charge >= 0.3 is 0 Å². The second-order valence-electron chi connectivity index (χ2n) is 8.55. The summed E-state index contributed by atoms with van der Waals surface area (Å²) in [6, 6.07) is 7.65. The number of aliphatic hydroxyl groups is 1. The van der Waals surface area contributed by atoms with E-state index in [4.69, 9.17) is 28.3 Å². The number of carbonyl (C=O) groups excluding carboxylic acids is 2. The second kappa shape index (κ2) is 10.9. The van der Waals surface area contributed by atoms with Crippen LogP contribution in [0.5, 0.6) is 0 Å². The van der Waals surface area contributed by atoms with Crippen LogP contribution in [0, 0.1) is 5.92 Å². The third-order valence-electron chi connectivity index (χ3n) is 5.97. The van der Waals surface area contributed by atoms with Gasteiger partial charge in [0.15, 0.2) is 5.78 Å². The number of sulfonamides is 1. The Bertz CT molecular complexity index is 1410. The summed E-state index contributed by atoms with van der Waals surface area (Å²) in [4.78, 5) is 34.6. The van der Waals surface area contributed by atoms with Crippen LogP contribution in [0.15, 0.2) is 42.9 Å². The first-order valence-corrected chi connectivity index (χ1v) is 14.2. The van der Waals surface area contributed by atoms with Crippen molar-refractivity contribution < 1.29 is 23.1 Å². The highest BCUT2D eigenvalue weighted by Crippen LogP contribution is 2.34. The zero-order valence-electron chi connectivity index (χ0n) is 18.7. The normalized spacial score (nSPS) is 19.8. The number of thiophene rings is 1. The molecule has 0 spiro atoms. The van der Waals surface area contributed by atoms with Gasteiger partial charge in [-0.1, -0.05) is 35.3 Å². The summed E-state index contributed by atoms with van der Waals surface area (Å²) in [7, 11) is -3.62. The van der Waals surface area contributed by atoms with Crippen LogP contribution in [0.4, 0.5) is 5.82 Å². The molecule has 2 heterocycles. The Balaban J connectivity index is 1.52. The molecule has 4 rings (SSSR count). The van der Waals surface area contributed by atoms with E-state index in [0.29, 0.717) is 23.4 Å². The van der Waals surface area contributed by atoms with Crippen LogP contribution >= 0.6 is 34.5 Å². The Hall–Kier alpha value is -2.41. The number of hydrogen-bond donors (Lipinski definition) is 3. The van der Waals surface area contributed by atoms with Crippen LogP contribution in [-0.2, 0) is 10.0 Å². The maximum Gasteiger partial charge on any atom is 0.209 e. The van der Waals surface area contributed by atoms with Gasteiger partial charge in [0.25, 0.3) is 0 Å². The van der Waals surface area contributed by atoms with Gasteiger partial charge in [-0.3, -0.25) is 9.59 Å². The molecule has 1 aromatic carbocycles. The summed E-state index contributed by atoms with van der Waals surface area (Å²) in [5.74, 6) is -0.969. The smallest absolute Gasteiger partial charge is 0.209 e. The minimum atomic E-state index is -3.62. The first-order chi connectivity index (χ1) is 17.0. The number of aromatic nitrogens is 2. The van der Waals surface area contributed by atoms with Crippen molar-refractivity contribution in [2.75, 3.05) is 11.1 Å². The van der Waals surface area contributed by atoms with Gasteiger partial charge in [-0.15, -0.1) is 11.3 Å². The van der Waals surface area contributed by atoms with Crippen molar-refractivity contribution in [2.24, 2.45) is 11.1 Å². The van der Waals surface area contributed by atoms with Gasteiger partial charge in [-0.05, 0) is 43.4 Å². The molecule has 0 amide bonds. The Labute approximate surface area is 221 Å². The fraction of sp³-hybridized carbons (Fsp3) is 0.304. The van der Waals surface area contributed by atoms with E-state index in [0.717, 1.165) is 11.3 Å². The van der Waals surface area contributed by atoms with E-state index in [-0.39, 0.29) is 56.1 Å². The summed E-state index contributed by atoms with van der Waals surface area (Å²) in [6.45, 7) is 0. The van der Waals surface area contributed by atoms with E-state index in [1.807, 2.05) is 0 Å². The first kappa shape index (κ1) is 26.6. The molecule has 1 aliphatic rings. The molecule has 0 radical (unpaired) electrons. The fourth-order valence-electron chi connectivity index (χ4n) is 4.20. The Morgan fingerprint density at radius 1 is 1.17 bits per heavy atom. The van der Waals surface area contributed by atoms with E-state index >= 15 is 0 Å². The van der Waals surface area contributed by atoms with E-state index in [2.05, 4.69) is 15.3 Å². The van der Waals surface area contributed by atoms with Crippen LogP contribution in [0.1, 0.15) is 50.4 Å². The molecule has 1 fully saturated rings. The van der Waals surface area contributed by atoms with E-state index < -0.39 is 21.9 Å². The minimum Gasteiger partial charge on any atom is -0.393 e. The summed E-state index contributed by atoms with van der Waals surface area (Å²) < 4.78 is 22.7. The molecule has 36 heavy (non-hydrogen) atoms. The zero-order valence-corrected chi connectivity index (χ0v) is 21.9. The second-order valence-corrected chi connectivity index (χ2v) is 12.4. The number of rotatable bonds is 9. The number of nitrogens with one attached hydrogen (secondary N) is 1. The number of nitrogens with two attached hydrogens (primary N) is 1. The van der Waals surface area contributed by atoms with Gasteiger partial charge in [0, 0.05) is 22.8 Å². The molecule has 3 aromatic rings. The van der Waals surface area contributed by atoms with Crippen molar-refractivity contribution in [3.8, 4) is 0 Å². The predicted molar refractivity (Wildman–Crippen MR) is 138 cm³/mol. The summed E-state index contributed by atoms with van der Waals surface area (Å²) >= 11 is 13.3. The van der Waals surface area contributed by atoms with Gasteiger partial charge in [-0.2, -0.15) is 0 Å². The number of nitrogens with zero attached hydrogens (tertiary/aromatic N) is 2. The molecule has 0 aliphatic heterocycles.